The molecule has 0 heterocycles. The predicted molar refractivity (Wildman–Crippen MR) is 261 cm³/mol. The van der Waals surface area contributed by atoms with Crippen molar-refractivity contribution in [3.8, 4) is 0 Å². The highest BCUT2D eigenvalue weighted by atomic mass is 16.6. The van der Waals surface area contributed by atoms with Crippen LogP contribution in [0.5, 0.6) is 0 Å². The van der Waals surface area contributed by atoms with Crippen LogP contribution in [-0.4, -0.2) is 37.2 Å². The third kappa shape index (κ3) is 49.3. The molecule has 1 atom stereocenters. The highest BCUT2D eigenvalue weighted by molar-refractivity contribution is 5.71. The second-order valence-corrected chi connectivity index (χ2v) is 19.3. The van der Waals surface area contributed by atoms with Crippen molar-refractivity contribution in [2.45, 2.75) is 316 Å². The summed E-state index contributed by atoms with van der Waals surface area (Å²) in [4.78, 5) is 38.0. The van der Waals surface area contributed by atoms with Crippen LogP contribution in [0.3, 0.4) is 0 Å². The Labute approximate surface area is 380 Å². The summed E-state index contributed by atoms with van der Waals surface area (Å²) in [6, 6.07) is 0. The van der Waals surface area contributed by atoms with Gasteiger partial charge in [0.05, 0.1) is 0 Å². The molecular weight excluding hydrogens is 757 g/mol. The van der Waals surface area contributed by atoms with Gasteiger partial charge in [0.2, 0.25) is 0 Å². The van der Waals surface area contributed by atoms with Gasteiger partial charge in [-0.05, 0) is 25.2 Å². The SMILES string of the molecule is CCCCCCCCCCCCCCCCCC(=O)OC[C@@H](COC(=O)CCCCCCCCCCCCC(C)C)OC(=O)CCCCCCCCCCCCCCCCC. The van der Waals surface area contributed by atoms with Crippen LogP contribution in [0.4, 0.5) is 0 Å². The van der Waals surface area contributed by atoms with Crippen molar-refractivity contribution < 1.29 is 28.6 Å². The average Bonchev–Trinajstić information content (AvgIpc) is 3.24. The average molecular weight is 863 g/mol. The summed E-state index contributed by atoms with van der Waals surface area (Å²) < 4.78 is 16.8. The van der Waals surface area contributed by atoms with Crippen molar-refractivity contribution >= 4 is 17.9 Å². The number of hydrogen-bond acceptors (Lipinski definition) is 6. The van der Waals surface area contributed by atoms with Crippen molar-refractivity contribution in [1.82, 2.24) is 0 Å². The van der Waals surface area contributed by atoms with Gasteiger partial charge in [-0.3, -0.25) is 14.4 Å². The Balaban J connectivity index is 4.31. The molecule has 0 radical (unpaired) electrons. The van der Waals surface area contributed by atoms with Gasteiger partial charge in [-0.2, -0.15) is 0 Å². The summed E-state index contributed by atoms with van der Waals surface area (Å²) >= 11 is 0. The molecule has 6 heteroatoms. The summed E-state index contributed by atoms with van der Waals surface area (Å²) in [6.07, 6.45) is 52.3. The van der Waals surface area contributed by atoms with E-state index in [-0.39, 0.29) is 31.1 Å². The molecule has 0 saturated heterocycles. The molecule has 0 saturated carbocycles. The molecule has 0 rings (SSSR count). The fourth-order valence-electron chi connectivity index (χ4n) is 8.39. The fourth-order valence-corrected chi connectivity index (χ4v) is 8.39. The Morgan fingerprint density at radius 3 is 0.803 bits per heavy atom. The van der Waals surface area contributed by atoms with Crippen molar-refractivity contribution in [3.05, 3.63) is 0 Å². The number of carbonyl (C=O) groups is 3. The first-order chi connectivity index (χ1) is 29.9. The molecule has 0 amide bonds. The monoisotopic (exact) mass is 863 g/mol. The second-order valence-electron chi connectivity index (χ2n) is 19.3. The topological polar surface area (TPSA) is 78.9 Å². The van der Waals surface area contributed by atoms with E-state index in [0.29, 0.717) is 19.3 Å². The number of carbonyl (C=O) groups excluding carboxylic acids is 3. The van der Waals surface area contributed by atoms with Crippen LogP contribution in [0, 0.1) is 5.92 Å². The lowest BCUT2D eigenvalue weighted by Crippen LogP contribution is -2.30. The van der Waals surface area contributed by atoms with E-state index in [4.69, 9.17) is 14.2 Å². The van der Waals surface area contributed by atoms with Gasteiger partial charge in [0.25, 0.3) is 0 Å². The van der Waals surface area contributed by atoms with Crippen LogP contribution < -0.4 is 0 Å². The van der Waals surface area contributed by atoms with Crippen LogP contribution in [0.1, 0.15) is 310 Å². The molecule has 0 aliphatic heterocycles. The minimum Gasteiger partial charge on any atom is -0.462 e. The molecular formula is C55H106O6. The van der Waals surface area contributed by atoms with Crippen LogP contribution in [0.15, 0.2) is 0 Å². The normalized spacial score (nSPS) is 12.0. The first kappa shape index (κ1) is 59.4. The van der Waals surface area contributed by atoms with Crippen LogP contribution >= 0.6 is 0 Å². The Bertz CT molecular complexity index is 918. The Hall–Kier alpha value is -1.59. The maximum Gasteiger partial charge on any atom is 0.306 e. The predicted octanol–water partition coefficient (Wildman–Crippen LogP) is 17.8. The maximum absolute atomic E-state index is 12.8. The molecule has 0 unspecified atom stereocenters. The van der Waals surface area contributed by atoms with E-state index >= 15 is 0 Å². The van der Waals surface area contributed by atoms with E-state index in [1.54, 1.807) is 0 Å². The van der Waals surface area contributed by atoms with E-state index in [2.05, 4.69) is 27.7 Å². The van der Waals surface area contributed by atoms with Crippen molar-refractivity contribution in [2.75, 3.05) is 13.2 Å². The van der Waals surface area contributed by atoms with Gasteiger partial charge in [-0.15, -0.1) is 0 Å². The quantitative estimate of drug-likeness (QED) is 0.0344. The summed E-state index contributed by atoms with van der Waals surface area (Å²) in [6.45, 7) is 9.03. The molecule has 0 N–H and O–H groups in total. The van der Waals surface area contributed by atoms with Crippen LogP contribution in [0.2, 0.25) is 0 Å². The largest absolute Gasteiger partial charge is 0.462 e. The van der Waals surface area contributed by atoms with Crippen LogP contribution in [-0.2, 0) is 28.6 Å². The summed E-state index contributed by atoms with van der Waals surface area (Å²) in [5, 5.41) is 0. The zero-order chi connectivity index (χ0) is 44.5. The summed E-state index contributed by atoms with van der Waals surface area (Å²) in [5.41, 5.74) is 0. The maximum atomic E-state index is 12.8. The van der Waals surface area contributed by atoms with Crippen molar-refractivity contribution in [2.24, 2.45) is 5.92 Å². The molecule has 0 aromatic heterocycles. The zero-order valence-corrected chi connectivity index (χ0v) is 41.6. The van der Waals surface area contributed by atoms with Crippen molar-refractivity contribution in [1.29, 1.82) is 0 Å². The zero-order valence-electron chi connectivity index (χ0n) is 41.6. The minimum absolute atomic E-state index is 0.0623. The third-order valence-electron chi connectivity index (χ3n) is 12.5. The van der Waals surface area contributed by atoms with Gasteiger partial charge in [0.15, 0.2) is 6.10 Å². The van der Waals surface area contributed by atoms with Crippen LogP contribution in [0.25, 0.3) is 0 Å². The van der Waals surface area contributed by atoms with Gasteiger partial charge >= 0.3 is 17.9 Å². The lowest BCUT2D eigenvalue weighted by atomic mass is 10.0. The summed E-state index contributed by atoms with van der Waals surface area (Å²) in [5.74, 6) is -0.0213. The standard InChI is InChI=1S/C55H106O6/c1-5-7-9-11-13-15-17-19-21-23-25-30-34-38-42-46-53(56)59-49-52(50-60-54(57)47-43-39-35-31-28-27-29-33-37-41-45-51(3)4)61-55(58)48-44-40-36-32-26-24-22-20-18-16-14-12-10-8-6-2/h51-52H,5-50H2,1-4H3/t52-/m0/s1. The highest BCUT2D eigenvalue weighted by Gasteiger charge is 2.19. The first-order valence-electron chi connectivity index (χ1n) is 27.4. The van der Waals surface area contributed by atoms with Gasteiger partial charge in [-0.1, -0.05) is 272 Å². The minimum atomic E-state index is -0.761. The summed E-state index contributed by atoms with van der Waals surface area (Å²) in [7, 11) is 0. The molecule has 362 valence electrons. The molecule has 0 fully saturated rings. The van der Waals surface area contributed by atoms with E-state index in [1.165, 1.54) is 205 Å². The molecule has 0 aliphatic carbocycles. The van der Waals surface area contributed by atoms with E-state index in [9.17, 15) is 14.4 Å². The Morgan fingerprint density at radius 2 is 0.541 bits per heavy atom. The lowest BCUT2D eigenvalue weighted by Gasteiger charge is -2.18. The Morgan fingerprint density at radius 1 is 0.311 bits per heavy atom. The Kier molecular flexibility index (Phi) is 48.1. The molecule has 0 aromatic carbocycles. The molecule has 0 spiro atoms. The van der Waals surface area contributed by atoms with E-state index < -0.39 is 6.10 Å². The number of rotatable bonds is 50. The molecule has 0 aromatic rings. The van der Waals surface area contributed by atoms with E-state index in [0.717, 1.165) is 63.7 Å². The molecule has 61 heavy (non-hydrogen) atoms. The molecule has 0 aliphatic rings. The first-order valence-corrected chi connectivity index (χ1v) is 27.4. The van der Waals surface area contributed by atoms with E-state index in [1.807, 2.05) is 0 Å². The highest BCUT2D eigenvalue weighted by Crippen LogP contribution is 2.17. The van der Waals surface area contributed by atoms with Gasteiger partial charge in [-0.25, -0.2) is 0 Å². The molecule has 0 bridgehead atoms. The number of unbranched alkanes of at least 4 members (excludes halogenated alkanes) is 37. The van der Waals surface area contributed by atoms with Gasteiger partial charge < -0.3 is 14.2 Å². The van der Waals surface area contributed by atoms with Crippen molar-refractivity contribution in [3.63, 3.8) is 0 Å². The number of esters is 3. The van der Waals surface area contributed by atoms with Gasteiger partial charge in [0.1, 0.15) is 13.2 Å². The number of hydrogen-bond donors (Lipinski definition) is 0. The third-order valence-corrected chi connectivity index (χ3v) is 12.5. The molecule has 6 nitrogen and oxygen atoms in total. The smallest absolute Gasteiger partial charge is 0.306 e. The fraction of sp³-hybridized carbons (Fsp3) is 0.945. The second kappa shape index (κ2) is 49.4. The lowest BCUT2D eigenvalue weighted by molar-refractivity contribution is -0.167. The van der Waals surface area contributed by atoms with Gasteiger partial charge in [0, 0.05) is 19.3 Å². The number of ether oxygens (including phenoxy) is 3.